The average molecular weight is 322 g/mol. The number of urea groups is 1. The van der Waals surface area contributed by atoms with E-state index in [1.54, 1.807) is 0 Å². The molecule has 6 heteroatoms. The van der Waals surface area contributed by atoms with Crippen LogP contribution < -0.4 is 0 Å². The Labute approximate surface area is 139 Å². The minimum atomic E-state index is 0.235. The van der Waals surface area contributed by atoms with Crippen LogP contribution in [0.5, 0.6) is 0 Å². The Hall–Kier alpha value is -1.30. The molecule has 0 saturated carbocycles. The molecule has 3 rings (SSSR count). The summed E-state index contributed by atoms with van der Waals surface area (Å²) in [4.78, 5) is 32.4. The molecule has 6 nitrogen and oxygen atoms in total. The maximum atomic E-state index is 12.3. The Morgan fingerprint density at radius 2 is 1.74 bits per heavy atom. The molecule has 3 aliphatic rings. The van der Waals surface area contributed by atoms with Crippen molar-refractivity contribution < 1.29 is 9.59 Å². The third kappa shape index (κ3) is 3.79. The molecule has 0 aliphatic carbocycles. The summed E-state index contributed by atoms with van der Waals surface area (Å²) < 4.78 is 0. The van der Waals surface area contributed by atoms with Crippen molar-refractivity contribution in [3.63, 3.8) is 0 Å². The van der Waals surface area contributed by atoms with Gasteiger partial charge in [-0.25, -0.2) is 4.79 Å². The van der Waals surface area contributed by atoms with E-state index in [0.29, 0.717) is 11.9 Å². The first kappa shape index (κ1) is 16.6. The Morgan fingerprint density at radius 3 is 2.35 bits per heavy atom. The third-order valence-electron chi connectivity index (χ3n) is 5.58. The number of likely N-dealkylation sites (tertiary alicyclic amines) is 2. The van der Waals surface area contributed by atoms with E-state index in [-0.39, 0.29) is 6.03 Å². The van der Waals surface area contributed by atoms with E-state index >= 15 is 0 Å². The summed E-state index contributed by atoms with van der Waals surface area (Å²) in [5.41, 5.74) is 0. The summed E-state index contributed by atoms with van der Waals surface area (Å²) in [5, 5.41) is 0. The van der Waals surface area contributed by atoms with Gasteiger partial charge in [0, 0.05) is 58.3 Å². The van der Waals surface area contributed by atoms with Crippen molar-refractivity contribution in [1.29, 1.82) is 0 Å². The molecule has 23 heavy (non-hydrogen) atoms. The smallest absolute Gasteiger partial charge is 0.320 e. The van der Waals surface area contributed by atoms with Crippen molar-refractivity contribution in [2.24, 2.45) is 0 Å². The van der Waals surface area contributed by atoms with Crippen LogP contribution in [0.3, 0.4) is 0 Å². The Balaban J connectivity index is 1.35. The summed E-state index contributed by atoms with van der Waals surface area (Å²) >= 11 is 0. The summed E-state index contributed by atoms with van der Waals surface area (Å²) in [7, 11) is 0. The van der Waals surface area contributed by atoms with Crippen LogP contribution in [0.2, 0.25) is 0 Å². The van der Waals surface area contributed by atoms with Gasteiger partial charge in [-0.15, -0.1) is 0 Å². The van der Waals surface area contributed by atoms with Gasteiger partial charge in [0.2, 0.25) is 5.91 Å². The second-order valence-corrected chi connectivity index (χ2v) is 6.97. The number of carbonyl (C=O) groups excluding carboxylic acids is 2. The van der Waals surface area contributed by atoms with Gasteiger partial charge in [0.1, 0.15) is 0 Å². The van der Waals surface area contributed by atoms with Crippen LogP contribution in [0, 0.1) is 0 Å². The van der Waals surface area contributed by atoms with Crippen LogP contribution >= 0.6 is 0 Å². The van der Waals surface area contributed by atoms with Crippen molar-refractivity contribution in [3.05, 3.63) is 0 Å². The lowest BCUT2D eigenvalue weighted by molar-refractivity contribution is -0.127. The molecular weight excluding hydrogens is 292 g/mol. The van der Waals surface area contributed by atoms with Gasteiger partial charge in [0.05, 0.1) is 0 Å². The van der Waals surface area contributed by atoms with Gasteiger partial charge in [-0.1, -0.05) is 0 Å². The van der Waals surface area contributed by atoms with E-state index < -0.39 is 0 Å². The van der Waals surface area contributed by atoms with E-state index in [1.165, 1.54) is 0 Å². The zero-order valence-electron chi connectivity index (χ0n) is 14.4. The maximum absolute atomic E-state index is 12.3. The van der Waals surface area contributed by atoms with Gasteiger partial charge in [-0.2, -0.15) is 0 Å². The molecule has 0 unspecified atom stereocenters. The zero-order chi connectivity index (χ0) is 16.2. The molecule has 0 atom stereocenters. The molecule has 0 radical (unpaired) electrons. The van der Waals surface area contributed by atoms with Crippen LogP contribution in [0.25, 0.3) is 0 Å². The number of amides is 3. The molecule has 0 spiro atoms. The first-order chi connectivity index (χ1) is 11.2. The second-order valence-electron chi connectivity index (χ2n) is 6.97. The van der Waals surface area contributed by atoms with Crippen LogP contribution in [-0.2, 0) is 4.79 Å². The van der Waals surface area contributed by atoms with Gasteiger partial charge < -0.3 is 19.6 Å². The summed E-state index contributed by atoms with van der Waals surface area (Å²) in [5.74, 6) is 0.330. The molecule has 0 N–H and O–H groups in total. The predicted molar refractivity (Wildman–Crippen MR) is 89.2 cm³/mol. The van der Waals surface area contributed by atoms with Crippen molar-refractivity contribution >= 4 is 11.9 Å². The van der Waals surface area contributed by atoms with Gasteiger partial charge in [0.25, 0.3) is 0 Å². The maximum Gasteiger partial charge on any atom is 0.320 e. The fourth-order valence-corrected chi connectivity index (χ4v) is 4.11. The third-order valence-corrected chi connectivity index (χ3v) is 5.58. The van der Waals surface area contributed by atoms with Gasteiger partial charge in [0.15, 0.2) is 0 Å². The number of piperidine rings is 1. The number of hydrogen-bond donors (Lipinski definition) is 0. The second kappa shape index (κ2) is 7.51. The normalized spacial score (nSPS) is 24.3. The molecular formula is C17H30N4O2. The summed E-state index contributed by atoms with van der Waals surface area (Å²) in [6, 6.07) is 0.661. The molecule has 0 bridgehead atoms. The molecule has 0 aromatic carbocycles. The Kier molecular flexibility index (Phi) is 5.41. The SMILES string of the molecule is CCN1CCN(C2CCN(CCCN3CCCC3=O)CC2)C1=O. The molecule has 3 fully saturated rings. The van der Waals surface area contributed by atoms with E-state index in [1.807, 2.05) is 9.80 Å². The number of rotatable bonds is 6. The topological polar surface area (TPSA) is 47.1 Å². The van der Waals surface area contributed by atoms with Gasteiger partial charge in [-0.3, -0.25) is 4.79 Å². The quantitative estimate of drug-likeness (QED) is 0.739. The summed E-state index contributed by atoms with van der Waals surface area (Å²) in [6.07, 6.45) is 5.02. The van der Waals surface area contributed by atoms with Crippen molar-refractivity contribution in [1.82, 2.24) is 19.6 Å². The van der Waals surface area contributed by atoms with Crippen molar-refractivity contribution in [2.45, 2.75) is 45.1 Å². The molecule has 3 heterocycles. The lowest BCUT2D eigenvalue weighted by atomic mass is 10.0. The molecule has 130 valence electrons. The van der Waals surface area contributed by atoms with Crippen LogP contribution in [0.4, 0.5) is 4.79 Å². The molecule has 3 amide bonds. The predicted octanol–water partition coefficient (Wildman–Crippen LogP) is 1.22. The highest BCUT2D eigenvalue weighted by Gasteiger charge is 2.34. The fraction of sp³-hybridized carbons (Fsp3) is 0.882. The van der Waals surface area contributed by atoms with E-state index in [9.17, 15) is 9.59 Å². The van der Waals surface area contributed by atoms with Gasteiger partial charge in [-0.05, 0) is 39.2 Å². The van der Waals surface area contributed by atoms with E-state index in [0.717, 1.165) is 84.5 Å². The molecule has 0 aromatic rings. The lowest BCUT2D eigenvalue weighted by Gasteiger charge is -2.36. The minimum absolute atomic E-state index is 0.235. The Morgan fingerprint density at radius 1 is 0.957 bits per heavy atom. The van der Waals surface area contributed by atoms with Gasteiger partial charge >= 0.3 is 6.03 Å². The van der Waals surface area contributed by atoms with Crippen molar-refractivity contribution in [2.75, 3.05) is 52.4 Å². The first-order valence-electron chi connectivity index (χ1n) is 9.24. The lowest BCUT2D eigenvalue weighted by Crippen LogP contribution is -2.47. The van der Waals surface area contributed by atoms with Crippen LogP contribution in [-0.4, -0.2) is 89.9 Å². The fourth-order valence-electron chi connectivity index (χ4n) is 4.11. The number of nitrogens with zero attached hydrogens (tertiary/aromatic N) is 4. The Bertz CT molecular complexity index is 434. The zero-order valence-corrected chi connectivity index (χ0v) is 14.4. The average Bonchev–Trinajstić information content (AvgIpc) is 3.14. The molecule has 3 aliphatic heterocycles. The highest BCUT2D eigenvalue weighted by atomic mass is 16.2. The highest BCUT2D eigenvalue weighted by Crippen LogP contribution is 2.21. The van der Waals surface area contributed by atoms with E-state index in [4.69, 9.17) is 0 Å². The minimum Gasteiger partial charge on any atom is -0.343 e. The number of hydrogen-bond acceptors (Lipinski definition) is 3. The monoisotopic (exact) mass is 322 g/mol. The first-order valence-corrected chi connectivity index (χ1v) is 9.24. The number of carbonyl (C=O) groups is 2. The van der Waals surface area contributed by atoms with E-state index in [2.05, 4.69) is 16.7 Å². The number of likely N-dealkylation sites (N-methyl/N-ethyl adjacent to an activating group) is 1. The van der Waals surface area contributed by atoms with Crippen LogP contribution in [0.1, 0.15) is 39.0 Å². The highest BCUT2D eigenvalue weighted by molar-refractivity contribution is 5.78. The van der Waals surface area contributed by atoms with Crippen molar-refractivity contribution in [3.8, 4) is 0 Å². The standard InChI is InChI=1S/C17H30N4O2/c1-2-19-13-14-21(17(19)23)15-6-11-18(12-7-15)8-4-10-20-9-3-5-16(20)22/h15H,2-14H2,1H3. The molecule has 3 saturated heterocycles. The molecule has 0 aromatic heterocycles. The summed E-state index contributed by atoms with van der Waals surface area (Å²) in [6.45, 7) is 9.75. The largest absolute Gasteiger partial charge is 0.343 e. The van der Waals surface area contributed by atoms with Crippen LogP contribution in [0.15, 0.2) is 0 Å².